The van der Waals surface area contributed by atoms with E-state index in [-0.39, 0.29) is 5.82 Å². The average molecular weight is 453 g/mol. The third kappa shape index (κ3) is 8.83. The van der Waals surface area contributed by atoms with Crippen molar-refractivity contribution in [1.82, 2.24) is 10.2 Å². The molecule has 0 amide bonds. The highest BCUT2D eigenvalue weighted by atomic mass is 19.1. The molecule has 2 aromatic rings. The van der Waals surface area contributed by atoms with Gasteiger partial charge in [-0.15, -0.1) is 0 Å². The number of nitrogens with zero attached hydrogens (tertiary/aromatic N) is 2. The highest BCUT2D eigenvalue weighted by Crippen LogP contribution is 2.34. The molecule has 0 spiro atoms. The second-order valence-corrected chi connectivity index (χ2v) is 10.3. The summed E-state index contributed by atoms with van der Waals surface area (Å²) in [6.07, 6.45) is 20.3. The molecule has 1 saturated carbocycles. The molecule has 0 radical (unpaired) electrons. The minimum absolute atomic E-state index is 0.0953. The molecule has 0 atom stereocenters. The molecule has 0 N–H and O–H groups in total. The number of rotatable bonds is 14. The van der Waals surface area contributed by atoms with Crippen LogP contribution in [0.4, 0.5) is 4.39 Å². The fourth-order valence-corrected chi connectivity index (χ4v) is 5.32. The van der Waals surface area contributed by atoms with Crippen molar-refractivity contribution in [3.8, 4) is 11.3 Å². The Hall–Kier alpha value is -1.77. The monoisotopic (exact) mass is 452 g/mol. The van der Waals surface area contributed by atoms with Gasteiger partial charge in [0, 0.05) is 5.56 Å². The van der Waals surface area contributed by atoms with E-state index in [2.05, 4.69) is 24.0 Å². The van der Waals surface area contributed by atoms with Crippen LogP contribution in [-0.4, -0.2) is 10.2 Å². The molecule has 1 aromatic carbocycles. The van der Waals surface area contributed by atoms with Crippen molar-refractivity contribution < 1.29 is 4.39 Å². The zero-order chi connectivity index (χ0) is 23.3. The molecule has 3 rings (SSSR count). The molecule has 1 aliphatic carbocycles. The second-order valence-electron chi connectivity index (χ2n) is 10.3. The summed E-state index contributed by atoms with van der Waals surface area (Å²) in [5.41, 5.74) is 3.45. The molecular weight excluding hydrogens is 407 g/mol. The Labute approximate surface area is 201 Å². The fourth-order valence-electron chi connectivity index (χ4n) is 5.32. The van der Waals surface area contributed by atoms with Crippen LogP contribution in [0.15, 0.2) is 30.3 Å². The quantitative estimate of drug-likeness (QED) is 0.267. The van der Waals surface area contributed by atoms with Crippen LogP contribution in [0.3, 0.4) is 0 Å². The van der Waals surface area contributed by atoms with Crippen LogP contribution in [0.25, 0.3) is 11.3 Å². The van der Waals surface area contributed by atoms with E-state index in [4.69, 9.17) is 0 Å². The van der Waals surface area contributed by atoms with Gasteiger partial charge in [0.2, 0.25) is 0 Å². The van der Waals surface area contributed by atoms with E-state index in [1.54, 1.807) is 6.07 Å². The maximum atomic E-state index is 14.8. The van der Waals surface area contributed by atoms with Gasteiger partial charge in [0.05, 0.1) is 11.4 Å². The summed E-state index contributed by atoms with van der Waals surface area (Å²) in [4.78, 5) is 0. The van der Waals surface area contributed by atoms with E-state index in [0.717, 1.165) is 60.0 Å². The molecule has 0 saturated heterocycles. The smallest absolute Gasteiger partial charge is 0.127 e. The number of aromatic nitrogens is 2. The summed E-state index contributed by atoms with van der Waals surface area (Å²) in [6.45, 7) is 4.48. The van der Waals surface area contributed by atoms with Gasteiger partial charge in [-0.2, -0.15) is 10.2 Å². The van der Waals surface area contributed by atoms with Gasteiger partial charge in [-0.05, 0) is 61.3 Å². The van der Waals surface area contributed by atoms with E-state index < -0.39 is 0 Å². The normalized spacial score (nSPS) is 18.5. The average Bonchev–Trinajstić information content (AvgIpc) is 2.84. The zero-order valence-corrected chi connectivity index (χ0v) is 21.1. The van der Waals surface area contributed by atoms with Crippen molar-refractivity contribution in [3.05, 3.63) is 47.4 Å². The van der Waals surface area contributed by atoms with Gasteiger partial charge in [-0.3, -0.25) is 0 Å². The lowest BCUT2D eigenvalue weighted by Gasteiger charge is -2.28. The van der Waals surface area contributed by atoms with Gasteiger partial charge >= 0.3 is 0 Å². The Balaban J connectivity index is 1.41. The van der Waals surface area contributed by atoms with Crippen molar-refractivity contribution in [1.29, 1.82) is 0 Å². The minimum Gasteiger partial charge on any atom is -0.207 e. The Bertz CT molecular complexity index is 793. The van der Waals surface area contributed by atoms with Gasteiger partial charge < -0.3 is 0 Å². The molecule has 1 heterocycles. The molecule has 0 unspecified atom stereocenters. The number of benzene rings is 1. The van der Waals surface area contributed by atoms with Gasteiger partial charge in [0.15, 0.2) is 0 Å². The van der Waals surface area contributed by atoms with Crippen LogP contribution < -0.4 is 0 Å². The molecule has 1 aromatic heterocycles. The summed E-state index contributed by atoms with van der Waals surface area (Å²) in [6, 6.07) is 9.62. The lowest BCUT2D eigenvalue weighted by molar-refractivity contribution is 0.248. The molecule has 3 heteroatoms. The Morgan fingerprint density at radius 2 is 1.42 bits per heavy atom. The van der Waals surface area contributed by atoms with Crippen molar-refractivity contribution in [2.45, 2.75) is 117 Å². The van der Waals surface area contributed by atoms with E-state index in [1.165, 1.54) is 77.0 Å². The molecule has 0 aliphatic heterocycles. The summed E-state index contributed by atoms with van der Waals surface area (Å²) in [5, 5.41) is 8.69. The number of aryl methyl sites for hydroxylation is 2. The maximum Gasteiger partial charge on any atom is 0.127 e. The van der Waals surface area contributed by atoms with E-state index in [9.17, 15) is 4.39 Å². The molecule has 182 valence electrons. The lowest BCUT2D eigenvalue weighted by Crippen LogP contribution is -2.15. The Morgan fingerprint density at radius 1 is 0.727 bits per heavy atom. The minimum atomic E-state index is -0.0953. The third-order valence-electron chi connectivity index (χ3n) is 7.61. The Morgan fingerprint density at radius 3 is 2.09 bits per heavy atom. The molecule has 1 aliphatic rings. The van der Waals surface area contributed by atoms with E-state index >= 15 is 0 Å². The van der Waals surface area contributed by atoms with Gasteiger partial charge in [-0.25, -0.2) is 4.39 Å². The largest absolute Gasteiger partial charge is 0.207 e. The van der Waals surface area contributed by atoms with Gasteiger partial charge in [0.1, 0.15) is 5.82 Å². The predicted octanol–water partition coefficient (Wildman–Crippen LogP) is 9.11. The van der Waals surface area contributed by atoms with Crippen LogP contribution in [0.1, 0.15) is 115 Å². The molecule has 33 heavy (non-hydrogen) atoms. The zero-order valence-electron chi connectivity index (χ0n) is 21.1. The van der Waals surface area contributed by atoms with Crippen LogP contribution in [0, 0.1) is 17.7 Å². The number of hydrogen-bond acceptors (Lipinski definition) is 2. The van der Waals surface area contributed by atoms with E-state index in [1.807, 2.05) is 24.3 Å². The molecule has 1 fully saturated rings. The van der Waals surface area contributed by atoms with Crippen molar-refractivity contribution in [3.63, 3.8) is 0 Å². The van der Waals surface area contributed by atoms with Crippen LogP contribution in [0.2, 0.25) is 0 Å². The highest BCUT2D eigenvalue weighted by Gasteiger charge is 2.21. The first-order valence-electron chi connectivity index (χ1n) is 13.8. The van der Waals surface area contributed by atoms with Crippen molar-refractivity contribution in [2.24, 2.45) is 11.8 Å². The topological polar surface area (TPSA) is 25.8 Å². The SMILES string of the molecule is CCCCCCCC1CCC(CCc2ccc(-c3ccc(CCCCC)nn3)cc2F)CC1. The molecule has 0 bridgehead atoms. The number of unbranched alkanes of at least 4 members (excludes halogenated alkanes) is 6. The third-order valence-corrected chi connectivity index (χ3v) is 7.61. The molecular formula is C30H45FN2. The molecule has 2 nitrogen and oxygen atoms in total. The predicted molar refractivity (Wildman–Crippen MR) is 138 cm³/mol. The summed E-state index contributed by atoms with van der Waals surface area (Å²) in [5.74, 6) is 1.62. The second kappa shape index (κ2) is 14.5. The van der Waals surface area contributed by atoms with E-state index in [0.29, 0.717) is 0 Å². The lowest BCUT2D eigenvalue weighted by atomic mass is 9.77. The first-order chi connectivity index (χ1) is 16.2. The summed E-state index contributed by atoms with van der Waals surface area (Å²) < 4.78 is 14.8. The van der Waals surface area contributed by atoms with Crippen LogP contribution in [0.5, 0.6) is 0 Å². The maximum absolute atomic E-state index is 14.8. The first kappa shape index (κ1) is 25.8. The van der Waals surface area contributed by atoms with Crippen molar-refractivity contribution >= 4 is 0 Å². The first-order valence-corrected chi connectivity index (χ1v) is 13.8. The summed E-state index contributed by atoms with van der Waals surface area (Å²) in [7, 11) is 0. The van der Waals surface area contributed by atoms with Gasteiger partial charge in [-0.1, -0.05) is 103 Å². The Kier molecular flexibility index (Phi) is 11.3. The van der Waals surface area contributed by atoms with Crippen LogP contribution >= 0.6 is 0 Å². The highest BCUT2D eigenvalue weighted by molar-refractivity contribution is 5.59. The number of halogens is 1. The fraction of sp³-hybridized carbons (Fsp3) is 0.667. The van der Waals surface area contributed by atoms with Crippen molar-refractivity contribution in [2.75, 3.05) is 0 Å². The van der Waals surface area contributed by atoms with Gasteiger partial charge in [0.25, 0.3) is 0 Å². The standard InChI is InChI=1S/C30H45FN2/c1-3-5-7-8-10-11-24-13-15-25(16-14-24)17-18-26-19-20-27(23-29(26)31)30-22-21-28(32-33-30)12-9-6-4-2/h19-25H,3-18H2,1-2H3. The summed E-state index contributed by atoms with van der Waals surface area (Å²) >= 11 is 0. The van der Waals surface area contributed by atoms with Crippen LogP contribution in [-0.2, 0) is 12.8 Å². The number of hydrogen-bond donors (Lipinski definition) is 0.